The Kier molecular flexibility index (Phi) is 4.09. The summed E-state index contributed by atoms with van der Waals surface area (Å²) in [7, 11) is 1.36. The minimum absolute atomic E-state index is 0.0578. The molecular weight excluding hydrogens is 300 g/mol. The van der Waals surface area contributed by atoms with E-state index < -0.39 is 11.4 Å². The highest BCUT2D eigenvalue weighted by Crippen LogP contribution is 2.61. The molecule has 0 spiro atoms. The van der Waals surface area contributed by atoms with Crippen LogP contribution in [0.2, 0.25) is 0 Å². The van der Waals surface area contributed by atoms with Crippen LogP contribution in [0.5, 0.6) is 0 Å². The zero-order valence-electron chi connectivity index (χ0n) is 15.4. The molecule has 3 atom stereocenters. The van der Waals surface area contributed by atoms with Gasteiger partial charge in [0.25, 0.3) is 0 Å². The van der Waals surface area contributed by atoms with E-state index in [2.05, 4.69) is 33.8 Å². The van der Waals surface area contributed by atoms with Crippen molar-refractivity contribution in [3.05, 3.63) is 34.9 Å². The second-order valence-corrected chi connectivity index (χ2v) is 8.36. The highest BCUT2D eigenvalue weighted by Gasteiger charge is 2.53. The molecule has 0 radical (unpaired) electrons. The van der Waals surface area contributed by atoms with Crippen LogP contribution in [0.4, 0.5) is 0 Å². The van der Waals surface area contributed by atoms with Crippen molar-refractivity contribution in [3.63, 3.8) is 0 Å². The summed E-state index contributed by atoms with van der Waals surface area (Å²) >= 11 is 0. The molecule has 0 aromatic heterocycles. The Morgan fingerprint density at radius 2 is 1.96 bits per heavy atom. The van der Waals surface area contributed by atoms with E-state index in [1.807, 2.05) is 0 Å². The third kappa shape index (κ3) is 2.40. The molecular formula is C21H28O3. The Balaban J connectivity index is 2.14. The van der Waals surface area contributed by atoms with Crippen molar-refractivity contribution in [2.24, 2.45) is 22.7 Å². The number of esters is 1. The predicted octanol–water partition coefficient (Wildman–Crippen LogP) is 4.39. The monoisotopic (exact) mass is 328 g/mol. The smallest absolute Gasteiger partial charge is 0.337 e. The van der Waals surface area contributed by atoms with Crippen LogP contribution < -0.4 is 0 Å². The van der Waals surface area contributed by atoms with Crippen LogP contribution in [-0.4, -0.2) is 18.9 Å². The molecule has 24 heavy (non-hydrogen) atoms. The summed E-state index contributed by atoms with van der Waals surface area (Å²) in [4.78, 5) is 25.0. The number of carbonyl (C=O) groups is 2. The Hall–Kier alpha value is -1.64. The molecule has 3 aliphatic carbocycles. The minimum Gasteiger partial charge on any atom is -0.465 e. The molecule has 0 bridgehead atoms. The molecule has 3 rings (SSSR count). The summed E-state index contributed by atoms with van der Waals surface area (Å²) in [6.45, 7) is 8.93. The normalized spacial score (nSPS) is 35.5. The lowest BCUT2D eigenvalue weighted by Gasteiger charge is -2.47. The lowest BCUT2D eigenvalue weighted by Crippen LogP contribution is -2.43. The fourth-order valence-corrected chi connectivity index (χ4v) is 4.90. The molecule has 3 heteroatoms. The summed E-state index contributed by atoms with van der Waals surface area (Å²) in [6.07, 6.45) is 9.62. The van der Waals surface area contributed by atoms with Gasteiger partial charge in [0.15, 0.2) is 5.78 Å². The van der Waals surface area contributed by atoms with Crippen molar-refractivity contribution in [3.8, 4) is 0 Å². The molecule has 0 unspecified atom stereocenters. The maximum Gasteiger partial charge on any atom is 0.337 e. The standard InChI is InChI=1S/C21H28O3/c1-13(2)15-8-9-20(3)10-11-21(4)16(18(15)20)7-6-14(12-17(21)22)19(23)24-5/h6-7,12-13,16H,8-11H2,1-5H3/t16-,20+,21+/m0/s1. The highest BCUT2D eigenvalue weighted by molar-refractivity contribution is 6.04. The maximum absolute atomic E-state index is 13.0. The van der Waals surface area contributed by atoms with Gasteiger partial charge in [-0.25, -0.2) is 4.79 Å². The van der Waals surface area contributed by atoms with Crippen LogP contribution in [0, 0.1) is 22.7 Å². The molecule has 3 nitrogen and oxygen atoms in total. The molecule has 0 heterocycles. The number of rotatable bonds is 2. The SMILES string of the molecule is COC(=O)C1=CC(=O)[C@]2(C)CC[C@@]3(C)CCC(C(C)C)=C3[C@@H]2C=C1. The van der Waals surface area contributed by atoms with Crippen LogP contribution in [0.1, 0.15) is 53.4 Å². The summed E-state index contributed by atoms with van der Waals surface area (Å²) in [6, 6.07) is 0. The Labute approximate surface area is 144 Å². The van der Waals surface area contributed by atoms with Crippen LogP contribution in [-0.2, 0) is 14.3 Å². The van der Waals surface area contributed by atoms with Gasteiger partial charge in [-0.3, -0.25) is 4.79 Å². The molecule has 1 saturated carbocycles. The van der Waals surface area contributed by atoms with Gasteiger partial charge in [0.05, 0.1) is 12.7 Å². The molecule has 0 N–H and O–H groups in total. The van der Waals surface area contributed by atoms with Gasteiger partial charge in [-0.15, -0.1) is 0 Å². The van der Waals surface area contributed by atoms with Gasteiger partial charge in [0.1, 0.15) is 0 Å². The molecule has 0 aromatic carbocycles. The van der Waals surface area contributed by atoms with Gasteiger partial charge in [0, 0.05) is 11.3 Å². The van der Waals surface area contributed by atoms with E-state index in [9.17, 15) is 9.59 Å². The number of hydrogen-bond acceptors (Lipinski definition) is 3. The number of ketones is 1. The van der Waals surface area contributed by atoms with Crippen LogP contribution in [0.25, 0.3) is 0 Å². The first-order chi connectivity index (χ1) is 11.2. The van der Waals surface area contributed by atoms with Crippen molar-refractivity contribution in [1.82, 2.24) is 0 Å². The highest BCUT2D eigenvalue weighted by atomic mass is 16.5. The fraction of sp³-hybridized carbons (Fsp3) is 0.619. The van der Waals surface area contributed by atoms with E-state index in [1.165, 1.54) is 30.8 Å². The van der Waals surface area contributed by atoms with E-state index in [4.69, 9.17) is 4.74 Å². The number of fused-ring (bicyclic) bond motifs is 3. The van der Waals surface area contributed by atoms with Gasteiger partial charge in [-0.05, 0) is 43.1 Å². The first-order valence-corrected chi connectivity index (χ1v) is 8.99. The molecule has 0 amide bonds. The van der Waals surface area contributed by atoms with Crippen molar-refractivity contribution >= 4 is 11.8 Å². The number of ether oxygens (including phenoxy) is 1. The molecule has 0 aliphatic heterocycles. The van der Waals surface area contributed by atoms with Crippen molar-refractivity contribution < 1.29 is 14.3 Å². The predicted molar refractivity (Wildman–Crippen MR) is 94.3 cm³/mol. The average molecular weight is 328 g/mol. The second-order valence-electron chi connectivity index (χ2n) is 8.36. The van der Waals surface area contributed by atoms with E-state index >= 15 is 0 Å². The first kappa shape index (κ1) is 17.2. The van der Waals surface area contributed by atoms with E-state index in [0.29, 0.717) is 11.5 Å². The third-order valence-electron chi connectivity index (χ3n) is 6.57. The topological polar surface area (TPSA) is 43.4 Å². The van der Waals surface area contributed by atoms with E-state index in [-0.39, 0.29) is 17.1 Å². The molecule has 130 valence electrons. The quantitative estimate of drug-likeness (QED) is 0.557. The van der Waals surface area contributed by atoms with Crippen LogP contribution in [0.3, 0.4) is 0 Å². The van der Waals surface area contributed by atoms with Crippen LogP contribution >= 0.6 is 0 Å². The largest absolute Gasteiger partial charge is 0.465 e. The van der Waals surface area contributed by atoms with Crippen molar-refractivity contribution in [1.29, 1.82) is 0 Å². The Morgan fingerprint density at radius 3 is 2.58 bits per heavy atom. The fourth-order valence-electron chi connectivity index (χ4n) is 4.90. The first-order valence-electron chi connectivity index (χ1n) is 8.99. The van der Waals surface area contributed by atoms with Gasteiger partial charge in [-0.1, -0.05) is 51.0 Å². The molecule has 3 aliphatic rings. The zero-order valence-corrected chi connectivity index (χ0v) is 15.4. The maximum atomic E-state index is 13.0. The van der Waals surface area contributed by atoms with Crippen molar-refractivity contribution in [2.75, 3.05) is 7.11 Å². The number of methoxy groups -OCH3 is 1. The number of carbonyl (C=O) groups excluding carboxylic acids is 2. The lowest BCUT2D eigenvalue weighted by molar-refractivity contribution is -0.136. The Bertz CT molecular complexity index is 679. The summed E-state index contributed by atoms with van der Waals surface area (Å²) < 4.78 is 4.82. The minimum atomic E-state index is -0.453. The van der Waals surface area contributed by atoms with Gasteiger partial charge >= 0.3 is 5.97 Å². The average Bonchev–Trinajstić information content (AvgIpc) is 2.83. The van der Waals surface area contributed by atoms with E-state index in [1.54, 1.807) is 6.08 Å². The molecule has 0 aromatic rings. The number of hydrogen-bond donors (Lipinski definition) is 0. The molecule has 1 fully saturated rings. The summed E-state index contributed by atoms with van der Waals surface area (Å²) in [5.41, 5.74) is 3.10. The van der Waals surface area contributed by atoms with Crippen LogP contribution in [0.15, 0.2) is 34.9 Å². The Morgan fingerprint density at radius 1 is 1.25 bits per heavy atom. The number of allylic oxidation sites excluding steroid dienone is 4. The van der Waals surface area contributed by atoms with Gasteiger partial charge in [0.2, 0.25) is 0 Å². The van der Waals surface area contributed by atoms with Gasteiger partial charge in [-0.2, -0.15) is 0 Å². The van der Waals surface area contributed by atoms with Gasteiger partial charge < -0.3 is 4.74 Å². The molecule has 0 saturated heterocycles. The zero-order chi connectivity index (χ0) is 17.7. The summed E-state index contributed by atoms with van der Waals surface area (Å²) in [5.74, 6) is 0.211. The third-order valence-corrected chi connectivity index (χ3v) is 6.57. The summed E-state index contributed by atoms with van der Waals surface area (Å²) in [5, 5.41) is 0. The van der Waals surface area contributed by atoms with Crippen molar-refractivity contribution in [2.45, 2.75) is 53.4 Å². The van der Waals surface area contributed by atoms with E-state index in [0.717, 1.165) is 19.3 Å². The second kappa shape index (κ2) is 5.72. The lowest BCUT2D eigenvalue weighted by atomic mass is 9.55.